The molecule has 2 aromatic carbocycles. The fraction of sp³-hybridized carbons (Fsp3) is 0.381. The summed E-state index contributed by atoms with van der Waals surface area (Å²) in [6.45, 7) is 6.30. The predicted octanol–water partition coefficient (Wildman–Crippen LogP) is 4.79. The van der Waals surface area contributed by atoms with Gasteiger partial charge in [-0.3, -0.25) is 0 Å². The molecule has 0 amide bonds. The number of anilines is 1. The highest BCUT2D eigenvalue weighted by Gasteiger charge is 2.43. The van der Waals surface area contributed by atoms with Crippen LogP contribution in [0.15, 0.2) is 47.4 Å². The zero-order valence-electron chi connectivity index (χ0n) is 17.9. The molecule has 0 saturated carbocycles. The Morgan fingerprint density at radius 2 is 1.81 bits per heavy atom. The van der Waals surface area contributed by atoms with Crippen LogP contribution in [0.4, 0.5) is 5.69 Å². The lowest BCUT2D eigenvalue weighted by molar-refractivity contribution is 0.309. The Balaban J connectivity index is 2.75. The molecule has 0 atom stereocenters. The Hall–Kier alpha value is -2.82. The maximum absolute atomic E-state index is 13.8. The van der Waals surface area contributed by atoms with E-state index in [4.69, 9.17) is 14.7 Å². The van der Waals surface area contributed by atoms with Crippen molar-refractivity contribution in [2.24, 2.45) is 0 Å². The second-order valence-corrected chi connectivity index (χ2v) is 10.6. The van der Waals surface area contributed by atoms with Gasteiger partial charge in [0.25, 0.3) is 10.0 Å². The fourth-order valence-corrected chi connectivity index (χ4v) is 5.55. The van der Waals surface area contributed by atoms with Gasteiger partial charge in [-0.15, -0.1) is 0 Å². The van der Waals surface area contributed by atoms with Crippen molar-refractivity contribution >= 4 is 23.4 Å². The molecule has 0 heterocycles. The van der Waals surface area contributed by atoms with Crippen molar-refractivity contribution in [3.8, 4) is 17.6 Å². The molecule has 8 nitrogen and oxygen atoms in total. The third kappa shape index (κ3) is 5.46. The highest BCUT2D eigenvalue weighted by Crippen LogP contribution is 2.43. The van der Waals surface area contributed by atoms with Crippen LogP contribution in [0.25, 0.3) is 0 Å². The van der Waals surface area contributed by atoms with Gasteiger partial charge in [0.2, 0.25) is 0 Å². The molecule has 0 radical (unpaired) electrons. The van der Waals surface area contributed by atoms with Gasteiger partial charge in [-0.05, 0) is 57.0 Å². The van der Waals surface area contributed by atoms with E-state index in [2.05, 4.69) is 0 Å². The van der Waals surface area contributed by atoms with E-state index in [1.807, 2.05) is 13.0 Å². The van der Waals surface area contributed by atoms with Crippen LogP contribution in [0, 0.1) is 18.3 Å². The fourth-order valence-electron chi connectivity index (χ4n) is 2.96. The number of sulfonamides is 1. The quantitative estimate of drug-likeness (QED) is 0.464. The topological polar surface area (TPSA) is 114 Å². The molecule has 0 bridgehead atoms. The summed E-state index contributed by atoms with van der Waals surface area (Å²) in [5, 5.41) is 6.98. The minimum atomic E-state index is -4.37. The van der Waals surface area contributed by atoms with Gasteiger partial charge in [-0.2, -0.15) is 5.26 Å². The van der Waals surface area contributed by atoms with Crippen LogP contribution in [0.1, 0.15) is 32.8 Å². The first-order valence-electron chi connectivity index (χ1n) is 9.59. The first kappa shape index (κ1) is 24.4. The van der Waals surface area contributed by atoms with Crippen LogP contribution in [0.2, 0.25) is 0 Å². The number of rotatable bonds is 10. The van der Waals surface area contributed by atoms with Gasteiger partial charge in [0.05, 0.1) is 12.3 Å². The van der Waals surface area contributed by atoms with Gasteiger partial charge in [0, 0.05) is 6.07 Å². The summed E-state index contributed by atoms with van der Waals surface area (Å²) in [4.78, 5) is -0.144. The lowest BCUT2D eigenvalue weighted by Crippen LogP contribution is -2.45. The van der Waals surface area contributed by atoms with Crippen LogP contribution in [0.3, 0.4) is 0 Å². The highest BCUT2D eigenvalue weighted by molar-refractivity contribution is 7.93. The van der Waals surface area contributed by atoms with Crippen molar-refractivity contribution < 1.29 is 27.0 Å². The van der Waals surface area contributed by atoms with Crippen molar-refractivity contribution in [2.75, 3.05) is 17.5 Å². The number of benzene rings is 2. The molecular weight excluding hydrogens is 439 g/mol. The van der Waals surface area contributed by atoms with E-state index in [1.54, 1.807) is 31.2 Å². The van der Waals surface area contributed by atoms with Crippen molar-refractivity contribution in [3.05, 3.63) is 48.0 Å². The molecule has 0 saturated heterocycles. The normalized spacial score (nSPS) is 11.5. The Morgan fingerprint density at radius 3 is 2.42 bits per heavy atom. The largest absolute Gasteiger partial charge is 0.492 e. The molecule has 0 unspecified atom stereocenters. The summed E-state index contributed by atoms with van der Waals surface area (Å²) in [5.41, 5.74) is 0.737. The maximum atomic E-state index is 13.8. The molecule has 0 fully saturated rings. The third-order valence-corrected chi connectivity index (χ3v) is 7.62. The Kier molecular flexibility index (Phi) is 7.88. The molecule has 0 aliphatic heterocycles. The summed E-state index contributed by atoms with van der Waals surface area (Å²) in [6, 6.07) is 12.5. The summed E-state index contributed by atoms with van der Waals surface area (Å²) in [5.74, 6) is 0.393. The maximum Gasteiger partial charge on any atom is 0.342 e. The van der Waals surface area contributed by atoms with E-state index in [-0.39, 0.29) is 28.7 Å². The van der Waals surface area contributed by atoms with E-state index >= 15 is 0 Å². The predicted molar refractivity (Wildman–Crippen MR) is 117 cm³/mol. The summed E-state index contributed by atoms with van der Waals surface area (Å²) >= 11 is 0. The standard InChI is InChI=1S/C21H25N2O6PS/c1-5-11-29-19-8-6-7-9-20(19)31(26,27)23(21(3,4)30(24)25)17-13-16(2)14-18(15-17)28-12-10-22/h6-9,13-15H,5,11-12H2,1-4H3. The van der Waals surface area contributed by atoms with Crippen LogP contribution < -0.4 is 13.8 Å². The Labute approximate surface area is 183 Å². The summed E-state index contributed by atoms with van der Waals surface area (Å²) < 4.78 is 63.7. The zero-order valence-corrected chi connectivity index (χ0v) is 19.6. The molecule has 0 aliphatic rings. The number of hydrogen-bond donors (Lipinski definition) is 0. The van der Waals surface area contributed by atoms with Crippen molar-refractivity contribution in [1.29, 1.82) is 5.26 Å². The van der Waals surface area contributed by atoms with Crippen LogP contribution in [0.5, 0.6) is 11.5 Å². The summed E-state index contributed by atoms with van der Waals surface area (Å²) in [6.07, 6.45) is 0.674. The second kappa shape index (κ2) is 9.99. The van der Waals surface area contributed by atoms with Gasteiger partial charge in [0.1, 0.15) is 22.5 Å². The summed E-state index contributed by atoms with van der Waals surface area (Å²) in [7, 11) is -7.57. The van der Waals surface area contributed by atoms with E-state index < -0.39 is 23.0 Å². The highest BCUT2D eigenvalue weighted by atomic mass is 32.2. The molecule has 2 rings (SSSR count). The van der Waals surface area contributed by atoms with Crippen LogP contribution in [-0.4, -0.2) is 26.9 Å². The van der Waals surface area contributed by atoms with Crippen molar-refractivity contribution in [1.82, 2.24) is 0 Å². The average molecular weight is 464 g/mol. The molecule has 2 aromatic rings. The number of ether oxygens (including phenoxy) is 2. The van der Waals surface area contributed by atoms with Crippen LogP contribution in [-0.2, 0) is 19.2 Å². The minimum Gasteiger partial charge on any atom is -0.492 e. The van der Waals surface area contributed by atoms with Crippen molar-refractivity contribution in [3.63, 3.8) is 0 Å². The zero-order chi connectivity index (χ0) is 23.2. The Bertz CT molecular complexity index is 1140. The molecule has 166 valence electrons. The first-order valence-corrected chi connectivity index (χ1v) is 12.2. The monoisotopic (exact) mass is 464 g/mol. The number of aryl methyl sites for hydroxylation is 1. The Morgan fingerprint density at radius 1 is 1.13 bits per heavy atom. The van der Waals surface area contributed by atoms with Crippen molar-refractivity contribution in [2.45, 2.75) is 44.3 Å². The number of hydrogen-bond acceptors (Lipinski definition) is 7. The number of nitriles is 1. The number of nitrogens with zero attached hydrogens (tertiary/aromatic N) is 2. The lowest BCUT2D eigenvalue weighted by atomic mass is 10.2. The first-order chi connectivity index (χ1) is 14.6. The third-order valence-electron chi connectivity index (χ3n) is 4.35. The molecule has 10 heteroatoms. The molecule has 0 spiro atoms. The van der Waals surface area contributed by atoms with Gasteiger partial charge in [-0.1, -0.05) is 19.1 Å². The lowest BCUT2D eigenvalue weighted by Gasteiger charge is -2.34. The SMILES string of the molecule is CCCOc1ccccc1S(=O)(=O)N(c1cc(C)cc(OCC#N)c1)C(C)(C)P(=O)=O. The molecule has 31 heavy (non-hydrogen) atoms. The smallest absolute Gasteiger partial charge is 0.342 e. The van der Waals surface area contributed by atoms with Gasteiger partial charge in [-0.25, -0.2) is 21.9 Å². The second-order valence-electron chi connectivity index (χ2n) is 7.27. The van der Waals surface area contributed by atoms with Gasteiger partial charge >= 0.3 is 7.68 Å². The molecule has 0 aliphatic carbocycles. The minimum absolute atomic E-state index is 0.0995. The molecular formula is C21H25N2O6PS. The van der Waals surface area contributed by atoms with Gasteiger partial charge < -0.3 is 9.47 Å². The number of para-hydroxylation sites is 1. The average Bonchev–Trinajstić information content (AvgIpc) is 2.70. The van der Waals surface area contributed by atoms with E-state index in [1.165, 1.54) is 32.0 Å². The molecule has 0 aromatic heterocycles. The van der Waals surface area contributed by atoms with E-state index in [0.717, 1.165) is 4.31 Å². The van der Waals surface area contributed by atoms with E-state index in [9.17, 15) is 17.5 Å². The van der Waals surface area contributed by atoms with Gasteiger partial charge in [0.15, 0.2) is 11.9 Å². The molecule has 0 N–H and O–H groups in total. The van der Waals surface area contributed by atoms with Crippen LogP contribution >= 0.6 is 7.68 Å². The van der Waals surface area contributed by atoms with E-state index in [0.29, 0.717) is 18.6 Å².